The van der Waals surface area contributed by atoms with Crippen molar-refractivity contribution in [3.8, 4) is 0 Å². The minimum atomic E-state index is 0.339. The van der Waals surface area contributed by atoms with Crippen LogP contribution in [0.1, 0.15) is 0 Å². The molecule has 0 unspecified atom stereocenters. The van der Waals surface area contributed by atoms with Crippen LogP contribution in [0.5, 0.6) is 0 Å². The zero-order valence-corrected chi connectivity index (χ0v) is 5.12. The molecule has 0 bridgehead atoms. The first-order valence-electron chi connectivity index (χ1n) is 1.05. The molecule has 5 heavy (non-hydrogen) atoms. The van der Waals surface area contributed by atoms with Gasteiger partial charge in [-0.2, -0.15) is 0 Å². The van der Waals surface area contributed by atoms with E-state index >= 15 is 0 Å². The van der Waals surface area contributed by atoms with Crippen molar-refractivity contribution in [2.45, 2.75) is 5.14 Å². The van der Waals surface area contributed by atoms with Gasteiger partial charge in [-0.05, 0) is 0 Å². The van der Waals surface area contributed by atoms with Crippen LogP contribution in [-0.2, 0) is 19.8 Å². The molecule has 0 amide bonds. The minimum absolute atomic E-state index is 0.339. The van der Waals surface area contributed by atoms with Gasteiger partial charge in [0, 0.05) is 0 Å². The molecule has 0 atom stereocenters. The average Bonchev–Trinajstić information content (AvgIpc) is 1.41. The van der Waals surface area contributed by atoms with Gasteiger partial charge >= 0.3 is 41.1 Å². The molecule has 0 aliphatic rings. The number of rotatable bonds is 1. The van der Waals surface area contributed by atoms with Crippen LogP contribution >= 0.6 is 0 Å². The molecule has 0 radical (unpaired) electrons. The molecule has 0 heterocycles. The van der Waals surface area contributed by atoms with Crippen LogP contribution in [0.25, 0.3) is 4.85 Å². The van der Waals surface area contributed by atoms with Crippen LogP contribution in [0.4, 0.5) is 0 Å². The van der Waals surface area contributed by atoms with E-state index in [-0.39, 0.29) is 0 Å². The third-order valence-electron chi connectivity index (χ3n) is 0.143. The van der Waals surface area contributed by atoms with Crippen molar-refractivity contribution in [3.05, 3.63) is 11.4 Å². The molecule has 0 aromatic carbocycles. The molecule has 0 saturated heterocycles. The summed E-state index contributed by atoms with van der Waals surface area (Å²) in [6, 6.07) is 0. The standard InChI is InChI=1S/C2H2N.CH3.Au/c1-3-2;;/h1H2;1H3;. The van der Waals surface area contributed by atoms with Gasteiger partial charge in [0.05, 0.1) is 0 Å². The summed E-state index contributed by atoms with van der Waals surface area (Å²) in [5, 5.41) is 2.10. The summed E-state index contributed by atoms with van der Waals surface area (Å²) in [4.78, 5) is 3.15. The first-order valence-corrected chi connectivity index (χ1v) is 4.75. The molecule has 0 saturated carbocycles. The molecular formula is C3H5AuN. The van der Waals surface area contributed by atoms with E-state index in [1.165, 1.54) is 0 Å². The van der Waals surface area contributed by atoms with E-state index < -0.39 is 0 Å². The number of nitrogens with zero attached hydrogens (tertiary/aromatic N) is 1. The van der Waals surface area contributed by atoms with E-state index in [1.807, 2.05) is 0 Å². The van der Waals surface area contributed by atoms with Gasteiger partial charge in [-0.3, -0.25) is 0 Å². The van der Waals surface area contributed by atoms with Crippen molar-refractivity contribution in [3.63, 3.8) is 0 Å². The molecular weight excluding hydrogens is 247 g/mol. The topological polar surface area (TPSA) is 4.36 Å². The molecule has 2 heteroatoms. The van der Waals surface area contributed by atoms with Crippen molar-refractivity contribution in [1.29, 1.82) is 0 Å². The maximum atomic E-state index is 6.25. The Hall–Kier alpha value is 0.230. The predicted molar refractivity (Wildman–Crippen MR) is 17.3 cm³/mol. The second-order valence-corrected chi connectivity index (χ2v) is 2.68. The summed E-state index contributed by atoms with van der Waals surface area (Å²) >= 11 is 0.339. The Labute approximate surface area is 41.5 Å². The Balaban J connectivity index is 2.48. The first kappa shape index (κ1) is 5.23. The van der Waals surface area contributed by atoms with Gasteiger partial charge in [0.2, 0.25) is 0 Å². The monoisotopic (exact) mass is 252 g/mol. The summed E-state index contributed by atoms with van der Waals surface area (Å²) in [6.45, 7) is 6.25. The third-order valence-corrected chi connectivity index (χ3v) is 1.17. The van der Waals surface area contributed by atoms with Crippen molar-refractivity contribution in [2.75, 3.05) is 4.76 Å². The molecule has 0 rings (SSSR count). The van der Waals surface area contributed by atoms with Crippen molar-refractivity contribution in [1.82, 2.24) is 0 Å². The maximum absolute atomic E-state index is 6.25. The summed E-state index contributed by atoms with van der Waals surface area (Å²) < 4.78 is 0.778. The van der Waals surface area contributed by atoms with Gasteiger partial charge in [-0.25, -0.2) is 0 Å². The fourth-order valence-corrected chi connectivity index (χ4v) is 0.390. The van der Waals surface area contributed by atoms with Crippen LogP contribution in [0.3, 0.4) is 0 Å². The van der Waals surface area contributed by atoms with E-state index in [0.717, 1.165) is 4.76 Å². The molecule has 0 fully saturated rings. The Bertz CT molecular complexity index is 45.3. The Morgan fingerprint density at radius 2 is 2.60 bits per heavy atom. The van der Waals surface area contributed by atoms with E-state index in [4.69, 9.17) is 6.57 Å². The quantitative estimate of drug-likeness (QED) is 0.484. The van der Waals surface area contributed by atoms with Crippen LogP contribution < -0.4 is 0 Å². The van der Waals surface area contributed by atoms with Gasteiger partial charge in [-0.1, -0.05) is 0 Å². The first-order chi connectivity index (χ1) is 2.41. The average molecular weight is 252 g/mol. The van der Waals surface area contributed by atoms with E-state index in [9.17, 15) is 0 Å². The van der Waals surface area contributed by atoms with Crippen molar-refractivity contribution < 1.29 is 19.8 Å². The summed E-state index contributed by atoms with van der Waals surface area (Å²) in [7, 11) is 0. The number of hydrogen-bond acceptors (Lipinski definition) is 0. The fourth-order valence-electron chi connectivity index (χ4n) is 0.0477. The second-order valence-electron chi connectivity index (χ2n) is 0.467. The number of hydrogen-bond donors (Lipinski definition) is 0. The van der Waals surface area contributed by atoms with Gasteiger partial charge < -0.3 is 0 Å². The van der Waals surface area contributed by atoms with Crippen LogP contribution in [-0.4, -0.2) is 4.76 Å². The van der Waals surface area contributed by atoms with Gasteiger partial charge in [0.15, 0.2) is 0 Å². The van der Waals surface area contributed by atoms with Crippen LogP contribution in [0.2, 0.25) is 5.14 Å². The third kappa shape index (κ3) is 4.23. The Morgan fingerprint density at radius 3 is 2.60 bits per heavy atom. The Morgan fingerprint density at radius 1 is 2.00 bits per heavy atom. The normalized spacial score (nSPS) is 7.20. The molecule has 1 nitrogen and oxygen atoms in total. The van der Waals surface area contributed by atoms with Gasteiger partial charge in [0.1, 0.15) is 0 Å². The molecule has 0 aromatic rings. The second kappa shape index (κ2) is 4.23. The zero-order valence-electron chi connectivity index (χ0n) is 2.96. The molecule has 0 aliphatic heterocycles. The molecule has 33 valence electrons. The van der Waals surface area contributed by atoms with E-state index in [2.05, 4.69) is 9.99 Å². The Kier molecular flexibility index (Phi) is 4.43. The van der Waals surface area contributed by atoms with Gasteiger partial charge in [0.25, 0.3) is 0 Å². The van der Waals surface area contributed by atoms with Crippen LogP contribution in [0.15, 0.2) is 0 Å². The van der Waals surface area contributed by atoms with Crippen molar-refractivity contribution in [2.24, 2.45) is 0 Å². The molecule has 0 spiro atoms. The van der Waals surface area contributed by atoms with Crippen LogP contribution in [0, 0.1) is 6.57 Å². The molecule has 0 N–H and O–H groups in total. The van der Waals surface area contributed by atoms with E-state index in [1.54, 1.807) is 0 Å². The summed E-state index contributed by atoms with van der Waals surface area (Å²) in [6.07, 6.45) is 0. The summed E-state index contributed by atoms with van der Waals surface area (Å²) in [5.74, 6) is 0. The molecule has 0 aliphatic carbocycles. The predicted octanol–water partition coefficient (Wildman–Crippen LogP) is 0.994. The molecule has 0 aromatic heterocycles. The zero-order chi connectivity index (χ0) is 4.12. The van der Waals surface area contributed by atoms with Gasteiger partial charge in [-0.15, -0.1) is 0 Å². The fraction of sp³-hybridized carbons (Fsp3) is 0.667. The van der Waals surface area contributed by atoms with Crippen molar-refractivity contribution >= 4 is 0 Å². The van der Waals surface area contributed by atoms with E-state index in [0.29, 0.717) is 19.8 Å². The summed E-state index contributed by atoms with van der Waals surface area (Å²) in [5.41, 5.74) is 0. The SMILES string of the molecule is [C-]#[N+][CH2][Au][CH3].